The van der Waals surface area contributed by atoms with Crippen LogP contribution in [0.3, 0.4) is 0 Å². The summed E-state index contributed by atoms with van der Waals surface area (Å²) in [5.74, 6) is 0. The van der Waals surface area contributed by atoms with Crippen LogP contribution in [-0.2, 0) is 24.2 Å². The first-order valence-corrected chi connectivity index (χ1v) is 15.1. The van der Waals surface area contributed by atoms with Gasteiger partial charge in [-0.1, -0.05) is 6.07 Å². The van der Waals surface area contributed by atoms with Crippen LogP contribution < -0.4 is 15.4 Å². The van der Waals surface area contributed by atoms with Crippen molar-refractivity contribution >= 4 is 39.2 Å². The molecule has 3 N–H and O–H groups in total. The van der Waals surface area contributed by atoms with Gasteiger partial charge < -0.3 is 19.5 Å². The van der Waals surface area contributed by atoms with Gasteiger partial charge in [-0.15, -0.1) is 11.3 Å². The lowest BCUT2D eigenvalue weighted by Gasteiger charge is -2.28. The fourth-order valence-corrected chi connectivity index (χ4v) is 6.65. The van der Waals surface area contributed by atoms with Crippen molar-refractivity contribution in [1.29, 1.82) is 0 Å². The number of alkyl carbamates (subject to hydrolysis) is 1. The molecule has 1 aliphatic heterocycles. The fourth-order valence-electron chi connectivity index (χ4n) is 3.88. The monoisotopic (exact) mass is 582 g/mol. The maximum atomic E-state index is 13.4. The number of amides is 2. The molecule has 0 spiro atoms. The molecule has 0 saturated carbocycles. The number of rotatable bonds is 8. The predicted octanol–water partition coefficient (Wildman–Crippen LogP) is 5.20. The topological polar surface area (TPSA) is 145 Å². The number of anilines is 1. The molecule has 13 heteroatoms. The Labute approximate surface area is 234 Å². The van der Waals surface area contributed by atoms with Crippen LogP contribution in [0.25, 0.3) is 10.4 Å². The van der Waals surface area contributed by atoms with Gasteiger partial charge in [0.1, 0.15) is 11.1 Å². The van der Waals surface area contributed by atoms with Crippen molar-refractivity contribution in [2.75, 3.05) is 11.9 Å². The number of benzene rings is 1. The second-order valence-electron chi connectivity index (χ2n) is 10.9. The summed E-state index contributed by atoms with van der Waals surface area (Å²) in [6, 6.07) is 4.51. The minimum absolute atomic E-state index is 0.00691. The van der Waals surface area contributed by atoms with Crippen LogP contribution >= 0.6 is 11.3 Å². The Hall–Kier alpha value is -2.74. The van der Waals surface area contributed by atoms with Crippen LogP contribution in [0, 0.1) is 0 Å². The van der Waals surface area contributed by atoms with E-state index in [0.717, 1.165) is 0 Å². The Morgan fingerprint density at radius 1 is 1.08 bits per heavy atom. The van der Waals surface area contributed by atoms with Crippen LogP contribution in [0.2, 0.25) is 0 Å². The summed E-state index contributed by atoms with van der Waals surface area (Å²) in [5, 5.41) is 6.11. The van der Waals surface area contributed by atoms with Gasteiger partial charge in [0, 0.05) is 23.0 Å². The van der Waals surface area contributed by atoms with E-state index < -0.39 is 27.7 Å². The lowest BCUT2D eigenvalue weighted by molar-refractivity contribution is -0.00533. The van der Waals surface area contributed by atoms with Crippen molar-refractivity contribution in [2.45, 2.75) is 96.1 Å². The molecule has 0 aliphatic carbocycles. The van der Waals surface area contributed by atoms with Crippen molar-refractivity contribution in [3.63, 3.8) is 0 Å². The normalized spacial score (nSPS) is 18.2. The number of hydrogen-bond acceptors (Lipinski definition) is 9. The van der Waals surface area contributed by atoms with Crippen LogP contribution in [0.1, 0.15) is 72.4 Å². The van der Waals surface area contributed by atoms with Gasteiger partial charge in [-0.05, 0) is 73.4 Å². The number of thiazole rings is 1. The average molecular weight is 583 g/mol. The Bertz CT molecular complexity index is 1260. The summed E-state index contributed by atoms with van der Waals surface area (Å²) in [6.07, 6.45) is 0.994. The van der Waals surface area contributed by atoms with E-state index in [-0.39, 0.29) is 34.9 Å². The molecular formula is C26H38N4O7S2. The molecule has 2 atom stereocenters. The first kappa shape index (κ1) is 30.8. The maximum Gasteiger partial charge on any atom is 0.411 e. The molecule has 216 valence electrons. The van der Waals surface area contributed by atoms with E-state index in [2.05, 4.69) is 20.3 Å². The molecule has 3 rings (SSSR count). The third-order valence-corrected chi connectivity index (χ3v) is 8.23. The zero-order valence-electron chi connectivity index (χ0n) is 23.4. The van der Waals surface area contributed by atoms with Crippen molar-refractivity contribution in [3.05, 3.63) is 29.4 Å². The number of hydrogen-bond donors (Lipinski definition) is 3. The minimum atomic E-state index is -3.97. The number of nitrogens with one attached hydrogen (secondary N) is 3. The van der Waals surface area contributed by atoms with Gasteiger partial charge in [-0.2, -0.15) is 0 Å². The van der Waals surface area contributed by atoms with Crippen LogP contribution in [-0.4, -0.2) is 56.0 Å². The number of carbonyl (C=O) groups is 2. The lowest BCUT2D eigenvalue weighted by atomic mass is 10.1. The summed E-state index contributed by atoms with van der Waals surface area (Å²) < 4.78 is 45.7. The van der Waals surface area contributed by atoms with Gasteiger partial charge in [-0.25, -0.2) is 27.7 Å². The molecule has 2 amide bonds. The SMILES string of the molecule is CC(C)OC(=O)Nc1ccc(-c2cnc([C@H]3CC[C@H](NC(=O)OC(C)C)CO3)s2)c(S(=O)(=O)NC(C)(C)C)c1. The van der Waals surface area contributed by atoms with E-state index in [1.165, 1.54) is 17.4 Å². The van der Waals surface area contributed by atoms with Crippen molar-refractivity contribution in [3.8, 4) is 10.4 Å². The van der Waals surface area contributed by atoms with Crippen LogP contribution in [0.15, 0.2) is 29.3 Å². The van der Waals surface area contributed by atoms with Crippen molar-refractivity contribution in [1.82, 2.24) is 15.0 Å². The second kappa shape index (κ2) is 12.6. The summed E-state index contributed by atoms with van der Waals surface area (Å²) in [7, 11) is -3.97. The highest BCUT2D eigenvalue weighted by Gasteiger charge is 2.29. The van der Waals surface area contributed by atoms with E-state index in [1.807, 2.05) is 0 Å². The smallest absolute Gasteiger partial charge is 0.411 e. The minimum Gasteiger partial charge on any atom is -0.447 e. The number of carbonyl (C=O) groups excluding carboxylic acids is 2. The zero-order chi connectivity index (χ0) is 29.0. The van der Waals surface area contributed by atoms with E-state index in [4.69, 9.17) is 14.2 Å². The molecule has 1 aromatic carbocycles. The van der Waals surface area contributed by atoms with Gasteiger partial charge >= 0.3 is 12.2 Å². The average Bonchev–Trinajstić information content (AvgIpc) is 3.27. The van der Waals surface area contributed by atoms with Gasteiger partial charge in [0.2, 0.25) is 10.0 Å². The number of nitrogens with zero attached hydrogens (tertiary/aromatic N) is 1. The predicted molar refractivity (Wildman–Crippen MR) is 149 cm³/mol. The summed E-state index contributed by atoms with van der Waals surface area (Å²) >= 11 is 1.34. The lowest BCUT2D eigenvalue weighted by Crippen LogP contribution is -2.42. The van der Waals surface area contributed by atoms with E-state index in [9.17, 15) is 18.0 Å². The fraction of sp³-hybridized carbons (Fsp3) is 0.577. The van der Waals surface area contributed by atoms with Gasteiger partial charge in [0.25, 0.3) is 0 Å². The van der Waals surface area contributed by atoms with E-state index in [1.54, 1.807) is 66.8 Å². The quantitative estimate of drug-likeness (QED) is 0.385. The highest BCUT2D eigenvalue weighted by atomic mass is 32.2. The van der Waals surface area contributed by atoms with Crippen LogP contribution in [0.4, 0.5) is 15.3 Å². The third kappa shape index (κ3) is 9.16. The van der Waals surface area contributed by atoms with E-state index >= 15 is 0 Å². The zero-order valence-corrected chi connectivity index (χ0v) is 25.0. The second-order valence-corrected chi connectivity index (χ2v) is 13.6. The maximum absolute atomic E-state index is 13.4. The molecule has 11 nitrogen and oxygen atoms in total. The summed E-state index contributed by atoms with van der Waals surface area (Å²) in [6.45, 7) is 12.6. The molecule has 0 radical (unpaired) electrons. The first-order valence-electron chi connectivity index (χ1n) is 12.8. The van der Waals surface area contributed by atoms with Gasteiger partial charge in [0.05, 0.1) is 34.6 Å². The van der Waals surface area contributed by atoms with E-state index in [0.29, 0.717) is 34.9 Å². The molecule has 2 heterocycles. The van der Waals surface area contributed by atoms with Crippen molar-refractivity contribution < 1.29 is 32.2 Å². The Morgan fingerprint density at radius 2 is 1.74 bits per heavy atom. The molecular weight excluding hydrogens is 544 g/mol. The Kier molecular flexibility index (Phi) is 9.97. The van der Waals surface area contributed by atoms with Crippen LogP contribution in [0.5, 0.6) is 0 Å². The summed E-state index contributed by atoms with van der Waals surface area (Å²) in [5.41, 5.74) is 0.00972. The molecule has 0 bridgehead atoms. The van der Waals surface area contributed by atoms with Gasteiger partial charge in [-0.3, -0.25) is 5.32 Å². The Morgan fingerprint density at radius 3 is 2.33 bits per heavy atom. The number of aromatic nitrogens is 1. The highest BCUT2D eigenvalue weighted by molar-refractivity contribution is 7.89. The van der Waals surface area contributed by atoms with Gasteiger partial charge in [0.15, 0.2) is 0 Å². The largest absolute Gasteiger partial charge is 0.447 e. The standard InChI is InChI=1S/C26H38N4O7S2/c1-15(2)36-24(31)28-17-8-10-19(22(12-17)39(33,34)30-26(5,6)7)21-13-27-23(38-21)20-11-9-18(14-35-20)29-25(32)37-16(3)4/h8,10,12-13,15-16,18,20,30H,9,11,14H2,1-7H3,(H,28,31)(H,29,32)/t18-,20+/m0/s1. The molecule has 1 fully saturated rings. The Balaban J connectivity index is 1.82. The molecule has 1 aromatic heterocycles. The molecule has 0 unspecified atom stereocenters. The number of ether oxygens (including phenoxy) is 3. The van der Waals surface area contributed by atoms with Crippen molar-refractivity contribution in [2.24, 2.45) is 0 Å². The third-order valence-electron chi connectivity index (χ3n) is 5.31. The number of sulfonamides is 1. The molecule has 39 heavy (non-hydrogen) atoms. The molecule has 1 saturated heterocycles. The molecule has 1 aliphatic rings. The summed E-state index contributed by atoms with van der Waals surface area (Å²) in [4.78, 5) is 29.2. The highest BCUT2D eigenvalue weighted by Crippen LogP contribution is 2.38. The molecule has 2 aromatic rings. The first-order chi connectivity index (χ1) is 18.1.